The number of nitrogens with one attached hydrogen (secondary N) is 1. The Balaban J connectivity index is 1.57. The zero-order valence-corrected chi connectivity index (χ0v) is 15.0. The van der Waals surface area contributed by atoms with Crippen molar-refractivity contribution in [1.82, 2.24) is 20.1 Å². The second-order valence-electron chi connectivity index (χ2n) is 6.42. The predicted molar refractivity (Wildman–Crippen MR) is 97.9 cm³/mol. The number of benzene rings is 1. The molecule has 1 unspecified atom stereocenters. The van der Waals surface area contributed by atoms with Crippen molar-refractivity contribution in [1.29, 1.82) is 5.26 Å². The van der Waals surface area contributed by atoms with Gasteiger partial charge in [0.15, 0.2) is 0 Å². The van der Waals surface area contributed by atoms with Crippen molar-refractivity contribution in [3.05, 3.63) is 65.2 Å². The SMILES string of the molecule is COc1cc(-c2cc3n(n2)CCC3NC(=O)c2cc(F)cc(C#N)c2)ccn1. The molecule has 0 spiro atoms. The third-order valence-electron chi connectivity index (χ3n) is 4.63. The Morgan fingerprint density at radius 1 is 1.36 bits per heavy atom. The molecule has 0 aliphatic carbocycles. The first-order valence-electron chi connectivity index (χ1n) is 8.67. The highest BCUT2D eigenvalue weighted by Gasteiger charge is 2.27. The van der Waals surface area contributed by atoms with Crippen LogP contribution in [0.4, 0.5) is 4.39 Å². The van der Waals surface area contributed by atoms with Crippen LogP contribution in [0.25, 0.3) is 11.3 Å². The van der Waals surface area contributed by atoms with Gasteiger partial charge in [0.2, 0.25) is 5.88 Å². The topological polar surface area (TPSA) is 92.8 Å². The lowest BCUT2D eigenvalue weighted by atomic mass is 10.1. The highest BCUT2D eigenvalue weighted by Crippen LogP contribution is 2.30. The van der Waals surface area contributed by atoms with E-state index in [-0.39, 0.29) is 17.2 Å². The van der Waals surface area contributed by atoms with Crippen LogP contribution in [0.5, 0.6) is 5.88 Å². The van der Waals surface area contributed by atoms with Gasteiger partial charge < -0.3 is 10.1 Å². The molecule has 1 aliphatic rings. The van der Waals surface area contributed by atoms with E-state index in [4.69, 9.17) is 10.00 Å². The number of aryl methyl sites for hydroxylation is 1. The lowest BCUT2D eigenvalue weighted by Crippen LogP contribution is -2.27. The molecule has 7 nitrogen and oxygen atoms in total. The summed E-state index contributed by atoms with van der Waals surface area (Å²) in [4.78, 5) is 16.6. The average molecular weight is 377 g/mol. The fourth-order valence-electron chi connectivity index (χ4n) is 3.28. The Morgan fingerprint density at radius 3 is 3.00 bits per heavy atom. The number of aromatic nitrogens is 3. The van der Waals surface area contributed by atoms with Crippen molar-refractivity contribution in [3.63, 3.8) is 0 Å². The van der Waals surface area contributed by atoms with Crippen molar-refractivity contribution >= 4 is 5.91 Å². The summed E-state index contributed by atoms with van der Waals surface area (Å²) >= 11 is 0. The molecule has 8 heteroatoms. The number of methoxy groups -OCH3 is 1. The zero-order valence-electron chi connectivity index (χ0n) is 15.0. The Hall–Kier alpha value is -3.73. The van der Waals surface area contributed by atoms with E-state index >= 15 is 0 Å². The fraction of sp³-hybridized carbons (Fsp3) is 0.200. The van der Waals surface area contributed by atoms with E-state index in [9.17, 15) is 9.18 Å². The van der Waals surface area contributed by atoms with Crippen molar-refractivity contribution < 1.29 is 13.9 Å². The molecule has 0 fully saturated rings. The lowest BCUT2D eigenvalue weighted by Gasteiger charge is -2.12. The Labute approximate surface area is 160 Å². The van der Waals surface area contributed by atoms with E-state index in [2.05, 4.69) is 15.4 Å². The van der Waals surface area contributed by atoms with Gasteiger partial charge in [-0.3, -0.25) is 9.48 Å². The van der Waals surface area contributed by atoms with Crippen LogP contribution in [0.1, 0.15) is 34.1 Å². The zero-order chi connectivity index (χ0) is 19.7. The lowest BCUT2D eigenvalue weighted by molar-refractivity contribution is 0.0936. The van der Waals surface area contributed by atoms with Crippen molar-refractivity contribution in [2.75, 3.05) is 7.11 Å². The van der Waals surface area contributed by atoms with Gasteiger partial charge in [-0.15, -0.1) is 0 Å². The van der Waals surface area contributed by atoms with E-state index in [1.54, 1.807) is 19.4 Å². The number of carbonyl (C=O) groups excluding carboxylic acids is 1. The van der Waals surface area contributed by atoms with Gasteiger partial charge in [0, 0.05) is 29.9 Å². The molecule has 2 aromatic heterocycles. The maximum atomic E-state index is 13.6. The summed E-state index contributed by atoms with van der Waals surface area (Å²) in [6.07, 6.45) is 2.34. The molecule has 1 aromatic carbocycles. The van der Waals surface area contributed by atoms with Gasteiger partial charge in [-0.25, -0.2) is 9.37 Å². The van der Waals surface area contributed by atoms with Crippen molar-refractivity contribution in [2.45, 2.75) is 19.0 Å². The molecule has 1 atom stereocenters. The molecule has 3 aromatic rings. The van der Waals surface area contributed by atoms with E-state index in [0.717, 1.165) is 29.1 Å². The second kappa shape index (κ2) is 7.12. The summed E-state index contributed by atoms with van der Waals surface area (Å²) in [5.74, 6) is -0.549. The number of hydrogen-bond donors (Lipinski definition) is 1. The van der Waals surface area contributed by atoms with Crippen LogP contribution in [-0.4, -0.2) is 27.8 Å². The molecule has 140 valence electrons. The number of rotatable bonds is 4. The summed E-state index contributed by atoms with van der Waals surface area (Å²) in [5.41, 5.74) is 2.72. The number of hydrogen-bond acceptors (Lipinski definition) is 5. The highest BCUT2D eigenvalue weighted by molar-refractivity contribution is 5.94. The molecule has 0 radical (unpaired) electrons. The Bertz CT molecular complexity index is 1100. The number of nitrogens with zero attached hydrogens (tertiary/aromatic N) is 4. The summed E-state index contributed by atoms with van der Waals surface area (Å²) in [6, 6.07) is 10.7. The average Bonchev–Trinajstić information content (AvgIpc) is 3.29. The highest BCUT2D eigenvalue weighted by atomic mass is 19.1. The molecule has 28 heavy (non-hydrogen) atoms. The number of nitriles is 1. The standard InChI is InChI=1S/C20H16FN5O2/c1-28-19-9-13(2-4-23-19)17-10-18-16(3-5-26(18)25-17)24-20(27)14-6-12(11-22)7-15(21)8-14/h2,4,6-10,16H,3,5H2,1H3,(H,24,27). The smallest absolute Gasteiger partial charge is 0.251 e. The van der Waals surface area contributed by atoms with Crippen molar-refractivity contribution in [2.24, 2.45) is 0 Å². The molecule has 4 rings (SSSR count). The van der Waals surface area contributed by atoms with Gasteiger partial charge in [-0.2, -0.15) is 10.4 Å². The van der Waals surface area contributed by atoms with Crippen LogP contribution in [0, 0.1) is 17.1 Å². The normalized spacial score (nSPS) is 15.0. The fourth-order valence-corrected chi connectivity index (χ4v) is 3.28. The summed E-state index contributed by atoms with van der Waals surface area (Å²) < 4.78 is 20.6. The number of carbonyl (C=O) groups is 1. The molecule has 0 saturated carbocycles. The van der Waals surface area contributed by atoms with Crippen LogP contribution in [0.2, 0.25) is 0 Å². The van der Waals surface area contributed by atoms with Gasteiger partial charge in [-0.05, 0) is 36.8 Å². The quantitative estimate of drug-likeness (QED) is 0.755. The monoisotopic (exact) mass is 377 g/mol. The van der Waals surface area contributed by atoms with Gasteiger partial charge in [0.25, 0.3) is 5.91 Å². The summed E-state index contributed by atoms with van der Waals surface area (Å²) in [5, 5.41) is 16.4. The second-order valence-corrected chi connectivity index (χ2v) is 6.42. The number of halogens is 1. The minimum atomic E-state index is -0.616. The molecule has 1 N–H and O–H groups in total. The van der Waals surface area contributed by atoms with Gasteiger partial charge in [-0.1, -0.05) is 0 Å². The van der Waals surface area contributed by atoms with Crippen molar-refractivity contribution in [3.8, 4) is 23.2 Å². The van der Waals surface area contributed by atoms with Gasteiger partial charge in [0.05, 0.1) is 36.2 Å². The largest absolute Gasteiger partial charge is 0.481 e. The third kappa shape index (κ3) is 3.30. The number of fused-ring (bicyclic) bond motifs is 1. The van der Waals surface area contributed by atoms with Gasteiger partial charge in [0.1, 0.15) is 5.82 Å². The number of pyridine rings is 1. The molecule has 3 heterocycles. The first kappa shape index (κ1) is 17.7. The van der Waals surface area contributed by atoms with Gasteiger partial charge >= 0.3 is 0 Å². The van der Waals surface area contributed by atoms with E-state index < -0.39 is 11.7 Å². The van der Waals surface area contributed by atoms with Crippen LogP contribution in [-0.2, 0) is 6.54 Å². The summed E-state index contributed by atoms with van der Waals surface area (Å²) in [6.45, 7) is 0.662. The third-order valence-corrected chi connectivity index (χ3v) is 4.63. The molecule has 0 bridgehead atoms. The molecular weight excluding hydrogens is 361 g/mol. The maximum Gasteiger partial charge on any atom is 0.251 e. The van der Waals surface area contributed by atoms with Crippen LogP contribution in [0.15, 0.2) is 42.6 Å². The maximum absolute atomic E-state index is 13.6. The molecular formula is C20H16FN5O2. The van der Waals surface area contributed by atoms with E-state index in [1.165, 1.54) is 6.07 Å². The van der Waals surface area contributed by atoms with Crippen LogP contribution in [0.3, 0.4) is 0 Å². The van der Waals surface area contributed by atoms with Crippen LogP contribution < -0.4 is 10.1 Å². The molecule has 1 amide bonds. The van der Waals surface area contributed by atoms with E-state index in [1.807, 2.05) is 22.9 Å². The first-order valence-corrected chi connectivity index (χ1v) is 8.67. The van der Waals surface area contributed by atoms with E-state index in [0.29, 0.717) is 18.8 Å². The Morgan fingerprint density at radius 2 is 2.21 bits per heavy atom. The van der Waals surface area contributed by atoms with Crippen LogP contribution >= 0.6 is 0 Å². The Kier molecular flexibility index (Phi) is 4.49. The predicted octanol–water partition coefficient (Wildman–Crippen LogP) is 2.84. The minimum absolute atomic E-state index is 0.107. The first-order chi connectivity index (χ1) is 13.6. The molecule has 1 aliphatic heterocycles. The minimum Gasteiger partial charge on any atom is -0.481 e. The molecule has 0 saturated heterocycles. The number of amides is 1. The number of ether oxygens (including phenoxy) is 1. The summed E-state index contributed by atoms with van der Waals surface area (Å²) in [7, 11) is 1.55.